The van der Waals surface area contributed by atoms with Crippen molar-refractivity contribution >= 4 is 27.0 Å². The fourth-order valence-electron chi connectivity index (χ4n) is 1.98. The maximum atomic E-state index is 12.4. The molecule has 6 nitrogen and oxygen atoms in total. The van der Waals surface area contributed by atoms with E-state index >= 15 is 0 Å². The first kappa shape index (κ1) is 14.5. The molecule has 0 amide bonds. The van der Waals surface area contributed by atoms with Crippen molar-refractivity contribution in [2.24, 2.45) is 0 Å². The van der Waals surface area contributed by atoms with Gasteiger partial charge in [-0.05, 0) is 13.0 Å². The fourth-order valence-corrected chi connectivity index (χ4v) is 3.52. The van der Waals surface area contributed by atoms with Crippen LogP contribution < -0.4 is 0 Å². The van der Waals surface area contributed by atoms with Gasteiger partial charge in [0.05, 0.1) is 0 Å². The van der Waals surface area contributed by atoms with E-state index in [4.69, 9.17) is 9.52 Å². The summed E-state index contributed by atoms with van der Waals surface area (Å²) < 4.78 is 31.1. The van der Waals surface area contributed by atoms with Gasteiger partial charge in [-0.3, -0.25) is 4.79 Å². The van der Waals surface area contributed by atoms with Crippen molar-refractivity contribution in [3.63, 3.8) is 0 Å². The minimum absolute atomic E-state index is 0.0485. The number of carboxylic acids is 1. The van der Waals surface area contributed by atoms with Gasteiger partial charge in [0.25, 0.3) is 10.0 Å². The molecule has 1 atom stereocenters. The minimum atomic E-state index is -3.97. The third-order valence-electron chi connectivity index (χ3n) is 3.07. The topological polar surface area (TPSA) is 87.8 Å². The van der Waals surface area contributed by atoms with E-state index in [0.717, 1.165) is 4.31 Å². The molecule has 0 aliphatic rings. The lowest BCUT2D eigenvalue weighted by molar-refractivity contribution is -0.140. The van der Waals surface area contributed by atoms with E-state index in [9.17, 15) is 13.2 Å². The van der Waals surface area contributed by atoms with Crippen LogP contribution in [0, 0.1) is 0 Å². The van der Waals surface area contributed by atoms with E-state index in [1.165, 1.54) is 13.0 Å². The van der Waals surface area contributed by atoms with Crippen molar-refractivity contribution in [3.05, 3.63) is 30.3 Å². The Hall–Kier alpha value is -1.86. The van der Waals surface area contributed by atoms with Crippen LogP contribution >= 0.6 is 0 Å². The normalized spacial score (nSPS) is 13.8. The summed E-state index contributed by atoms with van der Waals surface area (Å²) in [5.74, 6) is -1.20. The van der Waals surface area contributed by atoms with Crippen molar-refractivity contribution < 1.29 is 22.7 Å². The summed E-state index contributed by atoms with van der Waals surface area (Å²) >= 11 is 0. The molecule has 0 saturated carbocycles. The molecule has 2 rings (SSSR count). The first-order valence-electron chi connectivity index (χ1n) is 6.11. The van der Waals surface area contributed by atoms with Crippen LogP contribution in [-0.2, 0) is 14.8 Å². The average molecular weight is 297 g/mol. The number of carboxylic acid groups (broad SMARTS) is 1. The van der Waals surface area contributed by atoms with Gasteiger partial charge in [-0.25, -0.2) is 8.42 Å². The predicted octanol–water partition coefficient (Wildman–Crippen LogP) is 1.92. The highest BCUT2D eigenvalue weighted by molar-refractivity contribution is 7.89. The van der Waals surface area contributed by atoms with Crippen molar-refractivity contribution in [3.8, 4) is 0 Å². The lowest BCUT2D eigenvalue weighted by Crippen LogP contribution is -2.42. The fraction of sp³-hybridized carbons (Fsp3) is 0.308. The zero-order valence-electron chi connectivity index (χ0n) is 11.1. The van der Waals surface area contributed by atoms with Crippen LogP contribution in [0.25, 0.3) is 11.0 Å². The molecule has 0 aliphatic carbocycles. The van der Waals surface area contributed by atoms with Crippen LogP contribution in [0.5, 0.6) is 0 Å². The van der Waals surface area contributed by atoms with Crippen LogP contribution in [0.4, 0.5) is 0 Å². The van der Waals surface area contributed by atoms with E-state index in [0.29, 0.717) is 11.0 Å². The van der Waals surface area contributed by atoms with Gasteiger partial charge in [-0.15, -0.1) is 0 Å². The Labute approximate surface area is 116 Å². The Morgan fingerprint density at radius 1 is 1.40 bits per heavy atom. The molecule has 0 radical (unpaired) electrons. The Bertz CT molecular complexity index is 701. The molecular formula is C13H15NO5S. The molecule has 1 aromatic carbocycles. The first-order valence-corrected chi connectivity index (χ1v) is 7.55. The SMILES string of the molecule is CCN(C(C)C(=O)O)S(=O)(=O)c1cc2ccccc2o1. The molecule has 108 valence electrons. The van der Waals surface area contributed by atoms with Crippen molar-refractivity contribution in [1.82, 2.24) is 4.31 Å². The third kappa shape index (κ3) is 2.41. The average Bonchev–Trinajstić information content (AvgIpc) is 2.83. The number of carbonyl (C=O) groups is 1. The van der Waals surface area contributed by atoms with Crippen molar-refractivity contribution in [2.75, 3.05) is 6.54 Å². The highest BCUT2D eigenvalue weighted by Crippen LogP contribution is 2.26. The number of nitrogens with zero attached hydrogens (tertiary/aromatic N) is 1. The standard InChI is InChI=1S/C13H15NO5S/c1-3-14(9(2)13(15)16)20(17,18)12-8-10-6-4-5-7-11(10)19-12/h4-9H,3H2,1-2H3,(H,15,16). The monoisotopic (exact) mass is 297 g/mol. The van der Waals surface area contributed by atoms with Crippen LogP contribution in [0.15, 0.2) is 39.8 Å². The lowest BCUT2D eigenvalue weighted by atomic mass is 10.3. The Morgan fingerprint density at radius 3 is 2.60 bits per heavy atom. The van der Waals surface area contributed by atoms with E-state index in [1.54, 1.807) is 31.2 Å². The molecule has 1 unspecified atom stereocenters. The second kappa shape index (κ2) is 5.26. The first-order chi connectivity index (χ1) is 9.37. The Balaban J connectivity index is 2.50. The molecule has 7 heteroatoms. The number of likely N-dealkylation sites (N-methyl/N-ethyl adjacent to an activating group) is 1. The molecule has 1 aromatic heterocycles. The van der Waals surface area contributed by atoms with Crippen molar-refractivity contribution in [2.45, 2.75) is 25.0 Å². The zero-order valence-corrected chi connectivity index (χ0v) is 11.9. The molecule has 2 aromatic rings. The van der Waals surface area contributed by atoms with E-state index in [-0.39, 0.29) is 11.6 Å². The second-order valence-electron chi connectivity index (χ2n) is 4.33. The molecule has 0 spiro atoms. The molecule has 1 N–H and O–H groups in total. The van der Waals surface area contributed by atoms with Crippen LogP contribution in [-0.4, -0.2) is 36.4 Å². The van der Waals surface area contributed by atoms with Gasteiger partial charge in [0.1, 0.15) is 11.6 Å². The number of rotatable bonds is 5. The van der Waals surface area contributed by atoms with Crippen LogP contribution in [0.3, 0.4) is 0 Å². The molecular weight excluding hydrogens is 282 g/mol. The number of benzene rings is 1. The number of aliphatic carboxylic acids is 1. The highest BCUT2D eigenvalue weighted by Gasteiger charge is 2.34. The molecule has 20 heavy (non-hydrogen) atoms. The van der Waals surface area contributed by atoms with Crippen LogP contribution in [0.1, 0.15) is 13.8 Å². The number of para-hydroxylation sites is 1. The van der Waals surface area contributed by atoms with Gasteiger partial charge >= 0.3 is 5.97 Å². The third-order valence-corrected chi connectivity index (χ3v) is 4.97. The quantitative estimate of drug-likeness (QED) is 0.911. The number of hydrogen-bond donors (Lipinski definition) is 1. The van der Waals surface area contributed by atoms with Crippen molar-refractivity contribution in [1.29, 1.82) is 0 Å². The maximum absolute atomic E-state index is 12.4. The number of furan rings is 1. The number of hydrogen-bond acceptors (Lipinski definition) is 4. The second-order valence-corrected chi connectivity index (χ2v) is 6.15. The molecule has 0 aliphatic heterocycles. The zero-order chi connectivity index (χ0) is 14.9. The summed E-state index contributed by atoms with van der Waals surface area (Å²) in [5, 5.41) is 9.41. The summed E-state index contributed by atoms with van der Waals surface area (Å²) in [7, 11) is -3.97. The van der Waals surface area contributed by atoms with Gasteiger partial charge in [-0.2, -0.15) is 4.31 Å². The number of fused-ring (bicyclic) bond motifs is 1. The number of sulfonamides is 1. The van der Waals surface area contributed by atoms with Gasteiger partial charge in [-0.1, -0.05) is 25.1 Å². The largest absolute Gasteiger partial charge is 0.480 e. The minimum Gasteiger partial charge on any atom is -0.480 e. The van der Waals surface area contributed by atoms with Gasteiger partial charge < -0.3 is 9.52 Å². The summed E-state index contributed by atoms with van der Waals surface area (Å²) in [4.78, 5) is 11.0. The van der Waals surface area contributed by atoms with E-state index in [1.807, 2.05) is 0 Å². The lowest BCUT2D eigenvalue weighted by Gasteiger charge is -2.22. The predicted molar refractivity (Wildman–Crippen MR) is 72.9 cm³/mol. The van der Waals surface area contributed by atoms with Gasteiger partial charge in [0.15, 0.2) is 0 Å². The molecule has 1 heterocycles. The summed E-state index contributed by atoms with van der Waals surface area (Å²) in [6.07, 6.45) is 0. The summed E-state index contributed by atoms with van der Waals surface area (Å²) in [6, 6.07) is 7.14. The van der Waals surface area contributed by atoms with Gasteiger partial charge in [0, 0.05) is 18.0 Å². The van der Waals surface area contributed by atoms with E-state index in [2.05, 4.69) is 0 Å². The summed E-state index contributed by atoms with van der Waals surface area (Å²) in [5.41, 5.74) is 0.449. The molecule has 0 fully saturated rings. The van der Waals surface area contributed by atoms with E-state index < -0.39 is 22.0 Å². The van der Waals surface area contributed by atoms with Crippen LogP contribution in [0.2, 0.25) is 0 Å². The highest BCUT2D eigenvalue weighted by atomic mass is 32.2. The maximum Gasteiger partial charge on any atom is 0.321 e. The summed E-state index contributed by atoms with van der Waals surface area (Å²) in [6.45, 7) is 2.96. The Kier molecular flexibility index (Phi) is 3.82. The smallest absolute Gasteiger partial charge is 0.321 e. The molecule has 0 bridgehead atoms. The Morgan fingerprint density at radius 2 is 2.05 bits per heavy atom. The van der Waals surface area contributed by atoms with Gasteiger partial charge in [0.2, 0.25) is 5.09 Å². The molecule has 0 saturated heterocycles.